The van der Waals surface area contributed by atoms with Crippen LogP contribution in [0.1, 0.15) is 96.5 Å². The van der Waals surface area contributed by atoms with Crippen molar-refractivity contribution in [3.05, 3.63) is 42.0 Å². The SMILES string of the molecule is CC/C=C/CCCCCCCCCCCCc1cccc(OCC2(C)CO2)c1. The van der Waals surface area contributed by atoms with E-state index in [1.165, 1.54) is 82.6 Å². The van der Waals surface area contributed by atoms with Crippen molar-refractivity contribution in [2.45, 2.75) is 103 Å². The van der Waals surface area contributed by atoms with Crippen LogP contribution in [0.2, 0.25) is 0 Å². The van der Waals surface area contributed by atoms with Gasteiger partial charge in [0.05, 0.1) is 6.61 Å². The highest BCUT2D eigenvalue weighted by atomic mass is 16.6. The van der Waals surface area contributed by atoms with E-state index in [1.54, 1.807) is 0 Å². The van der Waals surface area contributed by atoms with Crippen LogP contribution in [0.3, 0.4) is 0 Å². The molecule has 1 aromatic rings. The second-order valence-electron chi connectivity index (χ2n) is 8.63. The van der Waals surface area contributed by atoms with E-state index in [4.69, 9.17) is 9.47 Å². The standard InChI is InChI=1S/C26H42O2/c1-3-4-5-6-7-8-9-10-11-12-13-14-15-16-18-24-19-17-20-25(21-24)27-22-26(2)23-28-26/h4-5,17,19-21H,3,6-16,18,22-23H2,1-2H3/b5-4+. The summed E-state index contributed by atoms with van der Waals surface area (Å²) in [6, 6.07) is 8.59. The molecule has 1 saturated heterocycles. The molecule has 1 fully saturated rings. The first-order valence-corrected chi connectivity index (χ1v) is 11.7. The van der Waals surface area contributed by atoms with Gasteiger partial charge in [-0.15, -0.1) is 0 Å². The molecule has 0 bridgehead atoms. The Morgan fingerprint density at radius 1 is 0.929 bits per heavy atom. The molecule has 0 aromatic heterocycles. The van der Waals surface area contributed by atoms with Crippen molar-refractivity contribution in [3.63, 3.8) is 0 Å². The molecule has 1 atom stereocenters. The van der Waals surface area contributed by atoms with E-state index in [2.05, 4.69) is 50.3 Å². The lowest BCUT2D eigenvalue weighted by Crippen LogP contribution is -2.16. The third kappa shape index (κ3) is 10.9. The van der Waals surface area contributed by atoms with Gasteiger partial charge in [-0.25, -0.2) is 0 Å². The number of epoxide rings is 1. The predicted octanol–water partition coefficient (Wildman–Crippen LogP) is 7.65. The molecule has 1 unspecified atom stereocenters. The van der Waals surface area contributed by atoms with Gasteiger partial charge in [-0.2, -0.15) is 0 Å². The lowest BCUT2D eigenvalue weighted by molar-refractivity contribution is 0.202. The number of hydrogen-bond acceptors (Lipinski definition) is 2. The van der Waals surface area contributed by atoms with Gasteiger partial charge in [0.25, 0.3) is 0 Å². The first-order valence-electron chi connectivity index (χ1n) is 11.7. The summed E-state index contributed by atoms with van der Waals surface area (Å²) < 4.78 is 11.2. The highest BCUT2D eigenvalue weighted by Gasteiger charge is 2.40. The Bertz CT molecular complexity index is 545. The van der Waals surface area contributed by atoms with Gasteiger partial charge in [0.2, 0.25) is 0 Å². The van der Waals surface area contributed by atoms with E-state index < -0.39 is 0 Å². The molecule has 1 aliphatic rings. The first kappa shape index (κ1) is 23.0. The third-order valence-electron chi connectivity index (χ3n) is 5.57. The molecule has 2 heteroatoms. The second kappa shape index (κ2) is 13.8. The predicted molar refractivity (Wildman–Crippen MR) is 120 cm³/mol. The molecule has 28 heavy (non-hydrogen) atoms. The largest absolute Gasteiger partial charge is 0.490 e. The zero-order valence-electron chi connectivity index (χ0n) is 18.4. The van der Waals surface area contributed by atoms with Crippen molar-refractivity contribution in [2.75, 3.05) is 13.2 Å². The Morgan fingerprint density at radius 3 is 2.21 bits per heavy atom. The van der Waals surface area contributed by atoms with Crippen LogP contribution in [0, 0.1) is 0 Å². The number of ether oxygens (including phenoxy) is 2. The lowest BCUT2D eigenvalue weighted by Gasteiger charge is -2.10. The van der Waals surface area contributed by atoms with Gasteiger partial charge < -0.3 is 9.47 Å². The van der Waals surface area contributed by atoms with Crippen molar-refractivity contribution in [1.82, 2.24) is 0 Å². The summed E-state index contributed by atoms with van der Waals surface area (Å²) in [5.41, 5.74) is 1.36. The van der Waals surface area contributed by atoms with Gasteiger partial charge in [-0.05, 0) is 56.7 Å². The number of hydrogen-bond donors (Lipinski definition) is 0. The van der Waals surface area contributed by atoms with E-state index in [0.717, 1.165) is 18.8 Å². The van der Waals surface area contributed by atoms with Gasteiger partial charge in [-0.1, -0.05) is 82.6 Å². The molecule has 2 rings (SSSR count). The number of allylic oxidation sites excluding steroid dienone is 2. The van der Waals surface area contributed by atoms with Crippen LogP contribution in [-0.4, -0.2) is 18.8 Å². The van der Waals surface area contributed by atoms with Gasteiger partial charge >= 0.3 is 0 Å². The summed E-state index contributed by atoms with van der Waals surface area (Å²) in [7, 11) is 0. The Labute approximate surface area is 173 Å². The smallest absolute Gasteiger partial charge is 0.123 e. The molecule has 0 amide bonds. The van der Waals surface area contributed by atoms with Crippen LogP contribution in [-0.2, 0) is 11.2 Å². The van der Waals surface area contributed by atoms with E-state index >= 15 is 0 Å². The Kier molecular flexibility index (Phi) is 11.4. The Morgan fingerprint density at radius 2 is 1.57 bits per heavy atom. The topological polar surface area (TPSA) is 21.8 Å². The van der Waals surface area contributed by atoms with Crippen LogP contribution in [0.4, 0.5) is 0 Å². The van der Waals surface area contributed by atoms with Gasteiger partial charge in [0, 0.05) is 0 Å². The monoisotopic (exact) mass is 386 g/mol. The average Bonchev–Trinajstić information content (AvgIpc) is 3.45. The van der Waals surface area contributed by atoms with Gasteiger partial charge in [-0.3, -0.25) is 0 Å². The van der Waals surface area contributed by atoms with Crippen LogP contribution in [0.15, 0.2) is 36.4 Å². The molecule has 0 radical (unpaired) electrons. The molecular weight excluding hydrogens is 344 g/mol. The molecule has 158 valence electrons. The lowest BCUT2D eigenvalue weighted by atomic mass is 10.0. The summed E-state index contributed by atoms with van der Waals surface area (Å²) >= 11 is 0. The quantitative estimate of drug-likeness (QED) is 0.156. The minimum absolute atomic E-state index is 0.0397. The van der Waals surface area contributed by atoms with Crippen LogP contribution in [0.5, 0.6) is 5.75 Å². The molecular formula is C26H42O2. The molecule has 1 heterocycles. The fraction of sp³-hybridized carbons (Fsp3) is 0.692. The number of aryl methyl sites for hydroxylation is 1. The molecule has 1 aliphatic heterocycles. The van der Waals surface area contributed by atoms with Gasteiger partial charge in [0.15, 0.2) is 0 Å². The fourth-order valence-electron chi connectivity index (χ4n) is 3.52. The number of rotatable bonds is 17. The van der Waals surface area contributed by atoms with Crippen molar-refractivity contribution in [3.8, 4) is 5.75 Å². The maximum absolute atomic E-state index is 5.87. The van der Waals surface area contributed by atoms with E-state index in [-0.39, 0.29) is 5.60 Å². The molecule has 0 saturated carbocycles. The zero-order valence-corrected chi connectivity index (χ0v) is 18.4. The van der Waals surface area contributed by atoms with Crippen LogP contribution in [0.25, 0.3) is 0 Å². The molecule has 0 spiro atoms. The first-order chi connectivity index (χ1) is 13.7. The second-order valence-corrected chi connectivity index (χ2v) is 8.63. The van der Waals surface area contributed by atoms with Crippen molar-refractivity contribution < 1.29 is 9.47 Å². The maximum atomic E-state index is 5.87. The summed E-state index contributed by atoms with van der Waals surface area (Å²) in [4.78, 5) is 0. The highest BCUT2D eigenvalue weighted by Crippen LogP contribution is 2.27. The molecule has 1 aromatic carbocycles. The Hall–Kier alpha value is -1.28. The van der Waals surface area contributed by atoms with Gasteiger partial charge in [0.1, 0.15) is 18.0 Å². The molecule has 2 nitrogen and oxygen atoms in total. The van der Waals surface area contributed by atoms with E-state index in [1.807, 2.05) is 0 Å². The van der Waals surface area contributed by atoms with Crippen LogP contribution >= 0.6 is 0 Å². The fourth-order valence-corrected chi connectivity index (χ4v) is 3.52. The summed E-state index contributed by atoms with van der Waals surface area (Å²) in [6.07, 6.45) is 22.1. The third-order valence-corrected chi connectivity index (χ3v) is 5.57. The minimum Gasteiger partial charge on any atom is -0.490 e. The van der Waals surface area contributed by atoms with E-state index in [0.29, 0.717) is 6.61 Å². The maximum Gasteiger partial charge on any atom is 0.123 e. The van der Waals surface area contributed by atoms with E-state index in [9.17, 15) is 0 Å². The van der Waals surface area contributed by atoms with Crippen molar-refractivity contribution in [1.29, 1.82) is 0 Å². The van der Waals surface area contributed by atoms with Crippen molar-refractivity contribution >= 4 is 0 Å². The summed E-state index contributed by atoms with van der Waals surface area (Å²) in [6.45, 7) is 5.79. The van der Waals surface area contributed by atoms with Crippen molar-refractivity contribution in [2.24, 2.45) is 0 Å². The summed E-state index contributed by atoms with van der Waals surface area (Å²) in [5.74, 6) is 0.982. The minimum atomic E-state index is -0.0397. The average molecular weight is 387 g/mol. The summed E-state index contributed by atoms with van der Waals surface area (Å²) in [5, 5.41) is 0. The Balaban J connectivity index is 1.39. The normalized spacial score (nSPS) is 18.6. The molecule has 0 aliphatic carbocycles. The zero-order chi connectivity index (χ0) is 19.9. The van der Waals surface area contributed by atoms with Crippen LogP contribution < -0.4 is 4.74 Å². The molecule has 0 N–H and O–H groups in total. The highest BCUT2D eigenvalue weighted by molar-refractivity contribution is 5.28. The number of unbranched alkanes of at least 4 members (excludes halogenated alkanes) is 10. The number of benzene rings is 1.